The van der Waals surface area contributed by atoms with Gasteiger partial charge in [0.1, 0.15) is 11.3 Å². The van der Waals surface area contributed by atoms with Crippen LogP contribution in [-0.2, 0) is 5.75 Å². The molecule has 20 heavy (non-hydrogen) atoms. The van der Waals surface area contributed by atoms with Gasteiger partial charge in [-0.15, -0.1) is 0 Å². The highest BCUT2D eigenvalue weighted by Crippen LogP contribution is 2.34. The van der Waals surface area contributed by atoms with E-state index in [4.69, 9.17) is 4.74 Å². The van der Waals surface area contributed by atoms with Crippen LogP contribution in [0.2, 0.25) is 0 Å². The first-order chi connectivity index (χ1) is 9.60. The van der Waals surface area contributed by atoms with Crippen LogP contribution in [-0.4, -0.2) is 23.4 Å². The molecule has 0 heterocycles. The van der Waals surface area contributed by atoms with Crippen LogP contribution in [0, 0.1) is 5.92 Å². The molecule has 4 heteroatoms. The largest absolute Gasteiger partial charge is 0.496 e. The quantitative estimate of drug-likeness (QED) is 0.884. The number of hydrogen-bond donors (Lipinski definition) is 1. The molecule has 1 aromatic rings. The molecule has 1 saturated carbocycles. The zero-order valence-electron chi connectivity index (χ0n) is 12.1. The Morgan fingerprint density at radius 1 is 1.45 bits per heavy atom. The van der Waals surface area contributed by atoms with Crippen molar-refractivity contribution in [1.82, 2.24) is 0 Å². The highest BCUT2D eigenvalue weighted by molar-refractivity contribution is 7.99. The van der Waals surface area contributed by atoms with Crippen LogP contribution in [0.25, 0.3) is 0 Å². The van der Waals surface area contributed by atoms with Crippen LogP contribution >= 0.6 is 11.8 Å². The number of benzene rings is 1. The summed E-state index contributed by atoms with van der Waals surface area (Å²) in [6.07, 6.45) is 5.24. The van der Waals surface area contributed by atoms with E-state index in [9.17, 15) is 9.90 Å². The Labute approximate surface area is 124 Å². The Morgan fingerprint density at radius 3 is 2.90 bits per heavy atom. The Balaban J connectivity index is 1.99. The van der Waals surface area contributed by atoms with Crippen molar-refractivity contribution in [3.05, 3.63) is 29.3 Å². The van der Waals surface area contributed by atoms with Gasteiger partial charge in [-0.2, -0.15) is 11.8 Å². The third-order valence-corrected chi connectivity index (χ3v) is 5.27. The predicted molar refractivity (Wildman–Crippen MR) is 82.7 cm³/mol. The summed E-state index contributed by atoms with van der Waals surface area (Å²) in [5.41, 5.74) is 1.31. The lowest BCUT2D eigenvalue weighted by molar-refractivity contribution is 0.0693. The van der Waals surface area contributed by atoms with Gasteiger partial charge in [0.2, 0.25) is 0 Å². The van der Waals surface area contributed by atoms with E-state index >= 15 is 0 Å². The minimum Gasteiger partial charge on any atom is -0.496 e. The van der Waals surface area contributed by atoms with Gasteiger partial charge in [-0.25, -0.2) is 4.79 Å². The molecule has 3 nitrogen and oxygen atoms in total. The molecular formula is C16H22O3S. The zero-order valence-corrected chi connectivity index (χ0v) is 12.9. The van der Waals surface area contributed by atoms with E-state index < -0.39 is 5.97 Å². The van der Waals surface area contributed by atoms with Crippen molar-refractivity contribution in [1.29, 1.82) is 0 Å². The standard InChI is InChI=1S/C16H22O3S/c1-11-4-3-5-13(8-11)20-10-12-6-7-15(19-2)14(9-12)16(17)18/h6-7,9,11,13H,3-5,8,10H2,1-2H3,(H,17,18). The van der Waals surface area contributed by atoms with Crippen LogP contribution in [0.15, 0.2) is 18.2 Å². The van der Waals surface area contributed by atoms with Gasteiger partial charge in [0.05, 0.1) is 7.11 Å². The topological polar surface area (TPSA) is 46.5 Å². The maximum absolute atomic E-state index is 11.2. The van der Waals surface area contributed by atoms with Crippen molar-refractivity contribution in [2.24, 2.45) is 5.92 Å². The Kier molecular flexibility index (Phi) is 5.35. The lowest BCUT2D eigenvalue weighted by atomic mass is 9.91. The number of thioether (sulfide) groups is 1. The predicted octanol–water partition coefficient (Wildman–Crippen LogP) is 4.21. The van der Waals surface area contributed by atoms with Gasteiger partial charge in [-0.1, -0.05) is 25.8 Å². The molecule has 1 N–H and O–H groups in total. The van der Waals surface area contributed by atoms with E-state index in [1.807, 2.05) is 17.8 Å². The second kappa shape index (κ2) is 7.02. The molecule has 0 amide bonds. The molecule has 2 rings (SSSR count). The summed E-state index contributed by atoms with van der Waals surface area (Å²) in [5.74, 6) is 1.20. The summed E-state index contributed by atoms with van der Waals surface area (Å²) >= 11 is 1.95. The molecule has 1 fully saturated rings. The first-order valence-corrected chi connectivity index (χ1v) is 8.17. The van der Waals surface area contributed by atoms with Crippen molar-refractivity contribution >= 4 is 17.7 Å². The molecule has 2 unspecified atom stereocenters. The Hall–Kier alpha value is -1.16. The molecule has 0 spiro atoms. The van der Waals surface area contributed by atoms with Crippen molar-refractivity contribution in [3.8, 4) is 5.75 Å². The van der Waals surface area contributed by atoms with Gasteiger partial charge in [-0.05, 0) is 36.5 Å². The zero-order chi connectivity index (χ0) is 14.5. The van der Waals surface area contributed by atoms with E-state index in [0.29, 0.717) is 11.0 Å². The maximum atomic E-state index is 11.2. The van der Waals surface area contributed by atoms with Crippen LogP contribution in [0.5, 0.6) is 5.75 Å². The van der Waals surface area contributed by atoms with Crippen molar-refractivity contribution < 1.29 is 14.6 Å². The van der Waals surface area contributed by atoms with Crippen molar-refractivity contribution in [3.63, 3.8) is 0 Å². The molecule has 0 aromatic heterocycles. The van der Waals surface area contributed by atoms with E-state index in [-0.39, 0.29) is 5.56 Å². The average molecular weight is 294 g/mol. The first kappa shape index (κ1) is 15.2. The van der Waals surface area contributed by atoms with Crippen molar-refractivity contribution in [2.45, 2.75) is 43.6 Å². The number of methoxy groups -OCH3 is 1. The molecule has 1 aromatic carbocycles. The van der Waals surface area contributed by atoms with Crippen LogP contribution in [0.4, 0.5) is 0 Å². The molecule has 2 atom stereocenters. The fraction of sp³-hybridized carbons (Fsp3) is 0.562. The van der Waals surface area contributed by atoms with Gasteiger partial charge in [-0.3, -0.25) is 0 Å². The van der Waals surface area contributed by atoms with Crippen molar-refractivity contribution in [2.75, 3.05) is 7.11 Å². The summed E-state index contributed by atoms with van der Waals surface area (Å²) < 4.78 is 5.08. The minimum atomic E-state index is -0.931. The third kappa shape index (κ3) is 3.92. The number of carboxylic acids is 1. The highest BCUT2D eigenvalue weighted by atomic mass is 32.2. The first-order valence-electron chi connectivity index (χ1n) is 7.12. The summed E-state index contributed by atoms with van der Waals surface area (Å²) in [7, 11) is 1.50. The number of carbonyl (C=O) groups is 1. The van der Waals surface area contributed by atoms with E-state index in [1.54, 1.807) is 12.1 Å². The van der Waals surface area contributed by atoms with E-state index in [0.717, 1.165) is 17.2 Å². The summed E-state index contributed by atoms with van der Waals surface area (Å²) in [6, 6.07) is 5.45. The van der Waals surface area contributed by atoms with Gasteiger partial charge in [0, 0.05) is 11.0 Å². The van der Waals surface area contributed by atoms with Gasteiger partial charge in [0.25, 0.3) is 0 Å². The van der Waals surface area contributed by atoms with Crippen LogP contribution < -0.4 is 4.74 Å². The molecular weight excluding hydrogens is 272 g/mol. The van der Waals surface area contributed by atoms with Crippen LogP contribution in [0.3, 0.4) is 0 Å². The molecule has 0 saturated heterocycles. The second-order valence-corrected chi connectivity index (χ2v) is 6.83. The highest BCUT2D eigenvalue weighted by Gasteiger charge is 2.19. The lowest BCUT2D eigenvalue weighted by Crippen LogP contribution is -2.15. The summed E-state index contributed by atoms with van der Waals surface area (Å²) in [5, 5.41) is 9.90. The fourth-order valence-corrected chi connectivity index (χ4v) is 4.16. The second-order valence-electron chi connectivity index (χ2n) is 5.54. The van der Waals surface area contributed by atoms with Gasteiger partial charge in [0.15, 0.2) is 0 Å². The average Bonchev–Trinajstić information content (AvgIpc) is 2.45. The smallest absolute Gasteiger partial charge is 0.339 e. The third-order valence-electron chi connectivity index (χ3n) is 3.87. The molecule has 1 aliphatic rings. The molecule has 0 bridgehead atoms. The normalized spacial score (nSPS) is 22.5. The minimum absolute atomic E-state index is 0.252. The summed E-state index contributed by atoms with van der Waals surface area (Å²) in [6.45, 7) is 2.32. The van der Waals surface area contributed by atoms with Crippen LogP contribution in [0.1, 0.15) is 48.5 Å². The molecule has 0 aliphatic heterocycles. The number of carboxylic acid groups (broad SMARTS) is 1. The molecule has 0 radical (unpaired) electrons. The van der Waals surface area contributed by atoms with Gasteiger partial charge >= 0.3 is 5.97 Å². The SMILES string of the molecule is COc1ccc(CSC2CCCC(C)C2)cc1C(=O)O. The number of rotatable bonds is 5. The fourth-order valence-electron chi connectivity index (χ4n) is 2.76. The Morgan fingerprint density at radius 2 is 2.25 bits per heavy atom. The lowest BCUT2D eigenvalue weighted by Gasteiger charge is -2.26. The number of aromatic carboxylic acids is 1. The number of hydrogen-bond acceptors (Lipinski definition) is 3. The molecule has 1 aliphatic carbocycles. The monoisotopic (exact) mass is 294 g/mol. The van der Waals surface area contributed by atoms with E-state index in [2.05, 4.69) is 6.92 Å². The summed E-state index contributed by atoms with van der Waals surface area (Å²) in [4.78, 5) is 11.2. The maximum Gasteiger partial charge on any atom is 0.339 e. The molecule has 110 valence electrons. The Bertz CT molecular complexity index is 473. The van der Waals surface area contributed by atoms with E-state index in [1.165, 1.54) is 32.8 Å². The van der Waals surface area contributed by atoms with Gasteiger partial charge < -0.3 is 9.84 Å². The number of ether oxygens (including phenoxy) is 1.